The largest absolute Gasteiger partial charge is 0.300 e. The molecule has 0 amide bonds. The SMILES string of the molecule is CC.CC.CC.CC(C)N1CCC=C(F)CC1. The van der Waals surface area contributed by atoms with Crippen molar-refractivity contribution in [3.63, 3.8) is 0 Å². The lowest BCUT2D eigenvalue weighted by Gasteiger charge is -2.23. The van der Waals surface area contributed by atoms with Crippen LogP contribution in [0.3, 0.4) is 0 Å². The summed E-state index contributed by atoms with van der Waals surface area (Å²) in [5, 5.41) is 0. The molecule has 0 aromatic rings. The third-order valence-electron chi connectivity index (χ3n) is 2.15. The fraction of sp³-hybridized carbons (Fsp3) is 0.867. The Balaban J connectivity index is -0.000000285. The van der Waals surface area contributed by atoms with Gasteiger partial charge < -0.3 is 4.90 Å². The molecule has 1 nitrogen and oxygen atoms in total. The molecule has 0 unspecified atom stereocenters. The lowest BCUT2D eigenvalue weighted by Crippen LogP contribution is -2.31. The molecule has 1 heterocycles. The average molecular weight is 247 g/mol. The zero-order valence-electron chi connectivity index (χ0n) is 13.3. The highest BCUT2D eigenvalue weighted by Crippen LogP contribution is 2.13. The Morgan fingerprint density at radius 3 is 1.88 bits per heavy atom. The molecule has 0 atom stereocenters. The number of hydrogen-bond donors (Lipinski definition) is 0. The van der Waals surface area contributed by atoms with Gasteiger partial charge in [0, 0.05) is 25.6 Å². The van der Waals surface area contributed by atoms with Crippen LogP contribution in [-0.2, 0) is 0 Å². The van der Waals surface area contributed by atoms with Crippen LogP contribution < -0.4 is 0 Å². The first-order chi connectivity index (χ1) is 8.20. The van der Waals surface area contributed by atoms with Gasteiger partial charge in [-0.2, -0.15) is 0 Å². The standard InChI is InChI=1S/C9H16FN.3C2H6/c1-8(2)11-6-3-4-9(10)5-7-11;3*1-2/h4,8H,3,5-7H2,1-2H3;3*1-2H3. The Hall–Kier alpha value is -0.370. The van der Waals surface area contributed by atoms with E-state index < -0.39 is 0 Å². The van der Waals surface area contributed by atoms with E-state index in [1.165, 1.54) is 0 Å². The molecular formula is C15H34FN. The van der Waals surface area contributed by atoms with Gasteiger partial charge >= 0.3 is 0 Å². The van der Waals surface area contributed by atoms with Gasteiger partial charge in [0.25, 0.3) is 0 Å². The fourth-order valence-corrected chi connectivity index (χ4v) is 1.37. The third-order valence-corrected chi connectivity index (χ3v) is 2.15. The van der Waals surface area contributed by atoms with Crippen molar-refractivity contribution in [2.45, 2.75) is 74.3 Å². The van der Waals surface area contributed by atoms with Gasteiger partial charge in [0.1, 0.15) is 0 Å². The molecule has 0 bridgehead atoms. The van der Waals surface area contributed by atoms with E-state index >= 15 is 0 Å². The van der Waals surface area contributed by atoms with Gasteiger partial charge in [0.05, 0.1) is 5.83 Å². The fourth-order valence-electron chi connectivity index (χ4n) is 1.37. The smallest absolute Gasteiger partial charge is 0.0973 e. The zero-order chi connectivity index (χ0) is 14.3. The molecular weight excluding hydrogens is 213 g/mol. The van der Waals surface area contributed by atoms with E-state index in [1.807, 2.05) is 41.5 Å². The van der Waals surface area contributed by atoms with Gasteiger partial charge in [-0.05, 0) is 20.3 Å². The van der Waals surface area contributed by atoms with Crippen LogP contribution in [0.5, 0.6) is 0 Å². The second kappa shape index (κ2) is 18.0. The summed E-state index contributed by atoms with van der Waals surface area (Å²) in [5.74, 6) is 0.0631. The van der Waals surface area contributed by atoms with E-state index in [9.17, 15) is 4.39 Å². The average Bonchev–Trinajstić information content (AvgIpc) is 2.61. The molecule has 17 heavy (non-hydrogen) atoms. The van der Waals surface area contributed by atoms with Gasteiger partial charge in [-0.25, -0.2) is 4.39 Å². The molecule has 0 radical (unpaired) electrons. The first-order valence-electron chi connectivity index (χ1n) is 7.28. The maximum atomic E-state index is 12.7. The van der Waals surface area contributed by atoms with Crippen molar-refractivity contribution in [2.24, 2.45) is 0 Å². The summed E-state index contributed by atoms with van der Waals surface area (Å²) in [6.07, 6.45) is 3.17. The highest BCUT2D eigenvalue weighted by molar-refractivity contribution is 4.95. The Bertz CT molecular complexity index is 153. The van der Waals surface area contributed by atoms with Crippen LogP contribution in [0.25, 0.3) is 0 Å². The predicted molar refractivity (Wildman–Crippen MR) is 79.2 cm³/mol. The number of nitrogens with zero attached hydrogens (tertiary/aromatic N) is 1. The van der Waals surface area contributed by atoms with E-state index in [4.69, 9.17) is 0 Å². The van der Waals surface area contributed by atoms with Gasteiger partial charge in [0.2, 0.25) is 0 Å². The summed E-state index contributed by atoms with van der Waals surface area (Å²) in [6, 6.07) is 0.550. The third kappa shape index (κ3) is 13.6. The molecule has 1 aliphatic heterocycles. The lowest BCUT2D eigenvalue weighted by atomic mass is 10.3. The monoisotopic (exact) mass is 247 g/mol. The van der Waals surface area contributed by atoms with E-state index in [0.717, 1.165) is 19.5 Å². The Labute approximate surface area is 109 Å². The van der Waals surface area contributed by atoms with Gasteiger partial charge in [-0.3, -0.25) is 0 Å². The summed E-state index contributed by atoms with van der Waals surface area (Å²) >= 11 is 0. The quantitative estimate of drug-likeness (QED) is 0.598. The Kier molecular flexibility index (Phi) is 23.2. The first-order valence-corrected chi connectivity index (χ1v) is 7.28. The van der Waals surface area contributed by atoms with Crippen LogP contribution in [0.1, 0.15) is 68.2 Å². The van der Waals surface area contributed by atoms with Crippen molar-refractivity contribution in [2.75, 3.05) is 13.1 Å². The minimum absolute atomic E-state index is 0.0631. The number of hydrogen-bond acceptors (Lipinski definition) is 1. The minimum Gasteiger partial charge on any atom is -0.300 e. The summed E-state index contributed by atoms with van der Waals surface area (Å²) in [5.41, 5.74) is 0. The Morgan fingerprint density at radius 1 is 1.00 bits per heavy atom. The zero-order valence-corrected chi connectivity index (χ0v) is 13.3. The molecule has 2 heteroatoms. The molecule has 106 valence electrons. The Morgan fingerprint density at radius 2 is 1.47 bits per heavy atom. The second-order valence-electron chi connectivity index (χ2n) is 3.32. The van der Waals surface area contributed by atoms with E-state index in [-0.39, 0.29) is 5.83 Å². The molecule has 0 saturated carbocycles. The molecule has 0 fully saturated rings. The van der Waals surface area contributed by atoms with Crippen molar-refractivity contribution in [1.29, 1.82) is 0 Å². The second-order valence-corrected chi connectivity index (χ2v) is 3.32. The van der Waals surface area contributed by atoms with E-state index in [0.29, 0.717) is 12.5 Å². The van der Waals surface area contributed by atoms with E-state index in [2.05, 4.69) is 18.7 Å². The summed E-state index contributed by atoms with van der Waals surface area (Å²) in [4.78, 5) is 2.31. The molecule has 0 aliphatic carbocycles. The van der Waals surface area contributed by atoms with Crippen molar-refractivity contribution >= 4 is 0 Å². The molecule has 0 spiro atoms. The van der Waals surface area contributed by atoms with Crippen LogP contribution in [0.2, 0.25) is 0 Å². The van der Waals surface area contributed by atoms with Crippen molar-refractivity contribution in [3.05, 3.63) is 11.9 Å². The summed E-state index contributed by atoms with van der Waals surface area (Å²) in [7, 11) is 0. The van der Waals surface area contributed by atoms with Crippen molar-refractivity contribution in [3.8, 4) is 0 Å². The van der Waals surface area contributed by atoms with Crippen molar-refractivity contribution < 1.29 is 4.39 Å². The van der Waals surface area contributed by atoms with Crippen LogP contribution in [0.4, 0.5) is 4.39 Å². The summed E-state index contributed by atoms with van der Waals surface area (Å²) < 4.78 is 12.7. The number of rotatable bonds is 1. The normalized spacial score (nSPS) is 15.1. The van der Waals surface area contributed by atoms with Crippen LogP contribution in [0, 0.1) is 0 Å². The maximum Gasteiger partial charge on any atom is 0.0973 e. The number of halogens is 1. The molecule has 0 saturated heterocycles. The van der Waals surface area contributed by atoms with Crippen LogP contribution in [-0.4, -0.2) is 24.0 Å². The van der Waals surface area contributed by atoms with Gasteiger partial charge in [-0.15, -0.1) is 0 Å². The molecule has 0 aromatic carbocycles. The molecule has 0 aromatic heterocycles. The molecule has 0 N–H and O–H groups in total. The minimum atomic E-state index is 0.0631. The molecule has 1 aliphatic rings. The highest BCUT2D eigenvalue weighted by atomic mass is 19.1. The van der Waals surface area contributed by atoms with E-state index in [1.54, 1.807) is 6.08 Å². The van der Waals surface area contributed by atoms with Crippen molar-refractivity contribution in [1.82, 2.24) is 4.90 Å². The van der Waals surface area contributed by atoms with Crippen LogP contribution >= 0.6 is 0 Å². The van der Waals surface area contributed by atoms with Crippen LogP contribution in [0.15, 0.2) is 11.9 Å². The topological polar surface area (TPSA) is 3.24 Å². The summed E-state index contributed by atoms with van der Waals surface area (Å²) in [6.45, 7) is 18.2. The molecule has 1 rings (SSSR count). The van der Waals surface area contributed by atoms with Gasteiger partial charge in [0.15, 0.2) is 0 Å². The predicted octanol–water partition coefficient (Wildman–Crippen LogP) is 5.42. The maximum absolute atomic E-state index is 12.7. The first kappa shape index (κ1) is 21.9. The lowest BCUT2D eigenvalue weighted by molar-refractivity contribution is 0.230. The highest BCUT2D eigenvalue weighted by Gasteiger charge is 2.11. The van der Waals surface area contributed by atoms with Gasteiger partial charge in [-0.1, -0.05) is 47.6 Å².